The minimum Gasteiger partial charge on any atom is -0.368 e. The number of hydrogen-bond donors (Lipinski definition) is 2. The Bertz CT molecular complexity index is 881. The van der Waals surface area contributed by atoms with Crippen LogP contribution >= 0.6 is 23.0 Å². The summed E-state index contributed by atoms with van der Waals surface area (Å²) in [5.74, 6) is -0.373. The first-order chi connectivity index (χ1) is 12.5. The van der Waals surface area contributed by atoms with E-state index in [0.717, 1.165) is 5.69 Å². The van der Waals surface area contributed by atoms with Crippen LogP contribution in [0.3, 0.4) is 0 Å². The predicted molar refractivity (Wildman–Crippen MR) is 108 cm³/mol. The molecule has 0 bridgehead atoms. The second kappa shape index (κ2) is 7.52. The molecule has 1 amide bonds. The molecule has 27 heavy (non-hydrogen) atoms. The van der Waals surface area contributed by atoms with Crippen LogP contribution in [0.15, 0.2) is 52.8 Å². The average Bonchev–Trinajstić information content (AvgIpc) is 2.97. The van der Waals surface area contributed by atoms with Crippen LogP contribution in [-0.4, -0.2) is 46.1 Å². The van der Waals surface area contributed by atoms with Gasteiger partial charge in [-0.15, -0.1) is 23.0 Å². The maximum atomic E-state index is 13.1. The van der Waals surface area contributed by atoms with Crippen LogP contribution in [0.4, 0.5) is 10.1 Å². The van der Waals surface area contributed by atoms with E-state index in [4.69, 9.17) is 0 Å². The van der Waals surface area contributed by atoms with Crippen LogP contribution in [0, 0.1) is 5.82 Å². The molecule has 2 aromatic carbocycles. The first-order valence-electron chi connectivity index (χ1n) is 8.35. The van der Waals surface area contributed by atoms with Gasteiger partial charge in [0.05, 0.1) is 4.90 Å². The highest BCUT2D eigenvalue weighted by atomic mass is 35.5. The van der Waals surface area contributed by atoms with Gasteiger partial charge in [0, 0.05) is 48.4 Å². The molecule has 5 nitrogen and oxygen atoms in total. The summed E-state index contributed by atoms with van der Waals surface area (Å²) in [4.78, 5) is 17.2. The Kier molecular flexibility index (Phi) is 5.48. The zero-order valence-electron chi connectivity index (χ0n) is 14.4. The van der Waals surface area contributed by atoms with E-state index in [1.165, 1.54) is 17.5 Å². The van der Waals surface area contributed by atoms with Gasteiger partial charge in [-0.1, -0.05) is 6.07 Å². The first kappa shape index (κ1) is 19.7. The van der Waals surface area contributed by atoms with Gasteiger partial charge < -0.3 is 9.80 Å². The van der Waals surface area contributed by atoms with Crippen molar-refractivity contribution in [1.82, 2.24) is 4.90 Å². The molecule has 2 aromatic rings. The van der Waals surface area contributed by atoms with Crippen molar-refractivity contribution in [3.63, 3.8) is 0 Å². The molecule has 0 aromatic heterocycles. The average molecular weight is 411 g/mol. The number of fused-ring (bicyclic) bond motifs is 1. The van der Waals surface area contributed by atoms with Crippen molar-refractivity contribution in [3.8, 4) is 0 Å². The highest BCUT2D eigenvalue weighted by Crippen LogP contribution is 2.56. The summed E-state index contributed by atoms with van der Waals surface area (Å²) in [6.07, 6.45) is 1.62. The van der Waals surface area contributed by atoms with Gasteiger partial charge >= 0.3 is 0 Å². The number of halogens is 2. The third kappa shape index (κ3) is 3.68. The van der Waals surface area contributed by atoms with E-state index < -0.39 is 10.6 Å². The lowest BCUT2D eigenvalue weighted by molar-refractivity contribution is 0.0746. The summed E-state index contributed by atoms with van der Waals surface area (Å²) >= 11 is 0. The molecule has 4 rings (SSSR count). The zero-order valence-corrected chi connectivity index (χ0v) is 16.0. The van der Waals surface area contributed by atoms with Gasteiger partial charge in [-0.05, 0) is 42.5 Å². The molecule has 0 saturated carbocycles. The van der Waals surface area contributed by atoms with Crippen molar-refractivity contribution in [2.24, 2.45) is 0 Å². The molecule has 2 aliphatic heterocycles. The van der Waals surface area contributed by atoms with Crippen LogP contribution in [0.2, 0.25) is 0 Å². The molecule has 2 N–H and O–H groups in total. The summed E-state index contributed by atoms with van der Waals surface area (Å²) in [6.45, 7) is 2.44. The summed E-state index contributed by atoms with van der Waals surface area (Å²) in [6, 6.07) is 11.4. The lowest BCUT2D eigenvalue weighted by Gasteiger charge is -2.36. The fourth-order valence-corrected chi connectivity index (χ4v) is 4.64. The number of rotatable bonds is 2. The highest BCUT2D eigenvalue weighted by Gasteiger charge is 2.29. The Hall–Kier alpha value is -2.06. The minimum absolute atomic E-state index is 0. The zero-order chi connectivity index (χ0) is 18.3. The van der Waals surface area contributed by atoms with Gasteiger partial charge in [-0.3, -0.25) is 13.9 Å². The van der Waals surface area contributed by atoms with Crippen LogP contribution < -0.4 is 4.90 Å². The number of hydrogen-bond acceptors (Lipinski definition) is 4. The molecular formula is C19H20ClFN2O3S. The summed E-state index contributed by atoms with van der Waals surface area (Å²) in [5, 5.41) is 1.36. The van der Waals surface area contributed by atoms with Gasteiger partial charge in [0.2, 0.25) is 0 Å². The number of amides is 1. The second-order valence-electron chi connectivity index (χ2n) is 6.37. The smallest absolute Gasteiger partial charge is 0.254 e. The Labute approximate surface area is 164 Å². The van der Waals surface area contributed by atoms with E-state index in [1.54, 1.807) is 41.3 Å². The lowest BCUT2D eigenvalue weighted by Crippen LogP contribution is -2.49. The molecule has 0 unspecified atom stereocenters. The normalized spacial score (nSPS) is 18.6. The number of piperazine rings is 1. The largest absolute Gasteiger partial charge is 0.368 e. The molecule has 2 heterocycles. The summed E-state index contributed by atoms with van der Waals surface area (Å²) in [5.41, 5.74) is 2.03. The number of carbonyl (C=O) groups excluding carboxylic acids is 1. The fourth-order valence-electron chi connectivity index (χ4n) is 3.39. The van der Waals surface area contributed by atoms with Crippen molar-refractivity contribution in [3.05, 3.63) is 64.8 Å². The van der Waals surface area contributed by atoms with Crippen molar-refractivity contribution >= 4 is 40.7 Å². The third-order valence-corrected chi connectivity index (χ3v) is 6.32. The molecule has 144 valence electrons. The van der Waals surface area contributed by atoms with Gasteiger partial charge in [0.15, 0.2) is 0 Å². The first-order valence-corrected chi connectivity index (χ1v) is 9.96. The highest BCUT2D eigenvalue weighted by molar-refractivity contribution is 8.27. The van der Waals surface area contributed by atoms with Crippen molar-refractivity contribution in [2.75, 3.05) is 31.1 Å². The van der Waals surface area contributed by atoms with E-state index in [9.17, 15) is 18.3 Å². The van der Waals surface area contributed by atoms with Crippen LogP contribution in [0.1, 0.15) is 15.9 Å². The SMILES string of the molecule is Cl.O=C(c1cccc2c1C=CS2(O)O)N1CCN(c2ccc(F)cc2)CC1. The molecule has 8 heteroatoms. The topological polar surface area (TPSA) is 64.0 Å². The minimum atomic E-state index is -2.93. The van der Waals surface area contributed by atoms with Crippen molar-refractivity contribution in [2.45, 2.75) is 4.90 Å². The molecule has 0 radical (unpaired) electrons. The Balaban J connectivity index is 0.00000210. The number of nitrogens with zero attached hydrogens (tertiary/aromatic N) is 2. The molecule has 0 spiro atoms. The number of anilines is 1. The Morgan fingerprint density at radius 3 is 2.33 bits per heavy atom. The van der Waals surface area contributed by atoms with Crippen LogP contribution in [-0.2, 0) is 0 Å². The fraction of sp³-hybridized carbons (Fsp3) is 0.211. The quantitative estimate of drug-likeness (QED) is 0.774. The van der Waals surface area contributed by atoms with Gasteiger partial charge in [-0.25, -0.2) is 4.39 Å². The molecular weight excluding hydrogens is 391 g/mol. The maximum Gasteiger partial charge on any atom is 0.254 e. The maximum absolute atomic E-state index is 13.1. The van der Waals surface area contributed by atoms with E-state index >= 15 is 0 Å². The van der Waals surface area contributed by atoms with E-state index in [-0.39, 0.29) is 24.1 Å². The lowest BCUT2D eigenvalue weighted by atomic mass is 10.1. The van der Waals surface area contributed by atoms with Gasteiger partial charge in [0.25, 0.3) is 5.91 Å². The van der Waals surface area contributed by atoms with E-state index in [2.05, 4.69) is 4.90 Å². The predicted octanol–water partition coefficient (Wildman–Crippen LogP) is 4.30. The van der Waals surface area contributed by atoms with Crippen LogP contribution in [0.5, 0.6) is 0 Å². The summed E-state index contributed by atoms with van der Waals surface area (Å²) < 4.78 is 33.1. The Morgan fingerprint density at radius 2 is 1.67 bits per heavy atom. The van der Waals surface area contributed by atoms with Crippen LogP contribution in [0.25, 0.3) is 6.08 Å². The van der Waals surface area contributed by atoms with Gasteiger partial charge in [-0.2, -0.15) is 0 Å². The van der Waals surface area contributed by atoms with E-state index in [1.807, 2.05) is 0 Å². The molecule has 1 fully saturated rings. The molecule has 1 saturated heterocycles. The van der Waals surface area contributed by atoms with Crippen molar-refractivity contribution in [1.29, 1.82) is 0 Å². The Morgan fingerprint density at radius 1 is 1.00 bits per heavy atom. The third-order valence-electron chi connectivity index (χ3n) is 4.80. The van der Waals surface area contributed by atoms with Gasteiger partial charge in [0.1, 0.15) is 5.82 Å². The number of carbonyl (C=O) groups is 1. The van der Waals surface area contributed by atoms with E-state index in [0.29, 0.717) is 42.2 Å². The summed E-state index contributed by atoms with van der Waals surface area (Å²) in [7, 11) is -2.93. The molecule has 2 aliphatic rings. The second-order valence-corrected chi connectivity index (χ2v) is 8.27. The van der Waals surface area contributed by atoms with Crippen molar-refractivity contribution < 1.29 is 18.3 Å². The standard InChI is InChI=1S/C19H19FN2O3S.ClH/c20-14-4-6-15(7-5-14)21-9-11-22(12-10-21)19(23)17-2-1-3-18-16(17)8-13-26(18,24)25;/h1-8,13,24-25H,9-12H2;1H. The number of benzene rings is 2. The molecule has 0 atom stereocenters. The molecule has 0 aliphatic carbocycles. The monoisotopic (exact) mass is 410 g/mol.